The minimum atomic E-state index is 0.589. The van der Waals surface area contributed by atoms with Gasteiger partial charge in [0.15, 0.2) is 0 Å². The molecule has 0 saturated carbocycles. The van der Waals surface area contributed by atoms with Crippen LogP contribution in [0, 0.1) is 0 Å². The highest BCUT2D eigenvalue weighted by molar-refractivity contribution is 5.85. The van der Waals surface area contributed by atoms with Crippen LogP contribution in [0.4, 0.5) is 0 Å². The predicted octanol–water partition coefficient (Wildman–Crippen LogP) is 4.50. The minimum Gasteiger partial charge on any atom is -0.350 e. The van der Waals surface area contributed by atoms with Crippen LogP contribution in [0.3, 0.4) is 0 Å². The van der Waals surface area contributed by atoms with Gasteiger partial charge in [-0.05, 0) is 67.6 Å². The largest absolute Gasteiger partial charge is 0.350 e. The Hall–Kier alpha value is -1.28. The van der Waals surface area contributed by atoms with Crippen molar-refractivity contribution in [1.29, 1.82) is 0 Å². The highest BCUT2D eigenvalue weighted by Crippen LogP contribution is 2.33. The van der Waals surface area contributed by atoms with E-state index in [1.165, 1.54) is 48.9 Å². The molecule has 0 atom stereocenters. The molecular formula is C19H28N2. The van der Waals surface area contributed by atoms with Crippen molar-refractivity contribution in [2.45, 2.75) is 45.4 Å². The van der Waals surface area contributed by atoms with Crippen molar-refractivity contribution < 1.29 is 0 Å². The standard InChI is InChI=1S/C19H28N2/c1-5-21-10-8-15(9-11-21)16-6-7-19-17(12-16)18(14(2)3)13-20(19)4/h6-7,12-15H,5,8-11H2,1-4H3. The van der Waals surface area contributed by atoms with Gasteiger partial charge in [-0.2, -0.15) is 0 Å². The van der Waals surface area contributed by atoms with Crippen LogP contribution in [0.15, 0.2) is 24.4 Å². The first-order valence-electron chi connectivity index (χ1n) is 8.41. The van der Waals surface area contributed by atoms with E-state index in [-0.39, 0.29) is 0 Å². The molecule has 1 aliphatic rings. The first kappa shape index (κ1) is 14.6. The smallest absolute Gasteiger partial charge is 0.0480 e. The molecular weight excluding hydrogens is 256 g/mol. The van der Waals surface area contributed by atoms with E-state index in [1.54, 1.807) is 5.56 Å². The lowest BCUT2D eigenvalue weighted by Gasteiger charge is -2.31. The monoisotopic (exact) mass is 284 g/mol. The summed E-state index contributed by atoms with van der Waals surface area (Å²) < 4.78 is 2.27. The second-order valence-corrected chi connectivity index (χ2v) is 6.84. The van der Waals surface area contributed by atoms with Crippen molar-refractivity contribution in [3.8, 4) is 0 Å². The van der Waals surface area contributed by atoms with E-state index in [4.69, 9.17) is 0 Å². The fourth-order valence-electron chi connectivity index (χ4n) is 3.74. The van der Waals surface area contributed by atoms with E-state index in [0.29, 0.717) is 5.92 Å². The van der Waals surface area contributed by atoms with Crippen molar-refractivity contribution in [3.63, 3.8) is 0 Å². The van der Waals surface area contributed by atoms with Crippen LogP contribution in [0.2, 0.25) is 0 Å². The molecule has 1 aromatic carbocycles. The molecule has 114 valence electrons. The topological polar surface area (TPSA) is 8.17 Å². The van der Waals surface area contributed by atoms with Crippen LogP contribution in [0.25, 0.3) is 10.9 Å². The van der Waals surface area contributed by atoms with Gasteiger partial charge >= 0.3 is 0 Å². The van der Waals surface area contributed by atoms with Crippen molar-refractivity contribution >= 4 is 10.9 Å². The van der Waals surface area contributed by atoms with E-state index in [9.17, 15) is 0 Å². The van der Waals surface area contributed by atoms with Gasteiger partial charge in [0, 0.05) is 24.1 Å². The van der Waals surface area contributed by atoms with Crippen LogP contribution in [-0.2, 0) is 7.05 Å². The van der Waals surface area contributed by atoms with Crippen LogP contribution in [0.1, 0.15) is 56.6 Å². The zero-order valence-corrected chi connectivity index (χ0v) is 13.9. The van der Waals surface area contributed by atoms with Crippen LogP contribution in [-0.4, -0.2) is 29.1 Å². The van der Waals surface area contributed by atoms with E-state index in [0.717, 1.165) is 5.92 Å². The molecule has 21 heavy (non-hydrogen) atoms. The van der Waals surface area contributed by atoms with Gasteiger partial charge in [0.1, 0.15) is 0 Å². The summed E-state index contributed by atoms with van der Waals surface area (Å²) in [5.41, 5.74) is 4.40. The molecule has 1 aromatic heterocycles. The number of benzene rings is 1. The number of hydrogen-bond acceptors (Lipinski definition) is 1. The van der Waals surface area contributed by atoms with Gasteiger partial charge in [0.2, 0.25) is 0 Å². The Kier molecular flexibility index (Phi) is 4.08. The Morgan fingerprint density at radius 1 is 1.19 bits per heavy atom. The lowest BCUT2D eigenvalue weighted by molar-refractivity contribution is 0.222. The average Bonchev–Trinajstić information content (AvgIpc) is 2.84. The minimum absolute atomic E-state index is 0.589. The Morgan fingerprint density at radius 2 is 1.90 bits per heavy atom. The van der Waals surface area contributed by atoms with Crippen LogP contribution < -0.4 is 0 Å². The van der Waals surface area contributed by atoms with Gasteiger partial charge in [-0.3, -0.25) is 0 Å². The molecule has 1 fully saturated rings. The third kappa shape index (κ3) is 2.74. The van der Waals surface area contributed by atoms with Crippen LogP contribution in [0.5, 0.6) is 0 Å². The molecule has 0 N–H and O–H groups in total. The van der Waals surface area contributed by atoms with Gasteiger partial charge in [0.25, 0.3) is 0 Å². The summed E-state index contributed by atoms with van der Waals surface area (Å²) in [5, 5.41) is 1.46. The third-order valence-corrected chi connectivity index (χ3v) is 5.17. The normalized spacial score (nSPS) is 18.0. The Morgan fingerprint density at radius 3 is 2.52 bits per heavy atom. The summed E-state index contributed by atoms with van der Waals surface area (Å²) in [5.74, 6) is 1.34. The summed E-state index contributed by atoms with van der Waals surface area (Å²) in [6.07, 6.45) is 4.92. The molecule has 2 aromatic rings. The lowest BCUT2D eigenvalue weighted by Crippen LogP contribution is -2.32. The maximum absolute atomic E-state index is 2.57. The zero-order valence-electron chi connectivity index (χ0n) is 13.9. The van der Waals surface area contributed by atoms with Gasteiger partial charge in [-0.1, -0.05) is 26.8 Å². The molecule has 1 saturated heterocycles. The first-order valence-corrected chi connectivity index (χ1v) is 8.41. The number of fused-ring (bicyclic) bond motifs is 1. The van der Waals surface area contributed by atoms with E-state index < -0.39 is 0 Å². The van der Waals surface area contributed by atoms with Gasteiger partial charge in [-0.15, -0.1) is 0 Å². The van der Waals surface area contributed by atoms with Gasteiger partial charge in [0.05, 0.1) is 0 Å². The fourth-order valence-corrected chi connectivity index (χ4v) is 3.74. The van der Waals surface area contributed by atoms with E-state index in [2.05, 4.69) is 61.7 Å². The van der Waals surface area contributed by atoms with E-state index >= 15 is 0 Å². The second-order valence-electron chi connectivity index (χ2n) is 6.84. The van der Waals surface area contributed by atoms with Crippen molar-refractivity contribution in [3.05, 3.63) is 35.5 Å². The highest BCUT2D eigenvalue weighted by Gasteiger charge is 2.20. The molecule has 0 bridgehead atoms. The number of nitrogens with zero attached hydrogens (tertiary/aromatic N) is 2. The van der Waals surface area contributed by atoms with Crippen molar-refractivity contribution in [1.82, 2.24) is 9.47 Å². The first-order chi connectivity index (χ1) is 10.1. The molecule has 0 unspecified atom stereocenters. The average molecular weight is 284 g/mol. The molecule has 2 nitrogen and oxygen atoms in total. The molecule has 2 heterocycles. The maximum atomic E-state index is 2.57. The molecule has 0 radical (unpaired) electrons. The summed E-state index contributed by atoms with van der Waals surface area (Å²) in [6, 6.07) is 7.15. The summed E-state index contributed by atoms with van der Waals surface area (Å²) in [7, 11) is 2.16. The SMILES string of the molecule is CCN1CCC(c2ccc3c(c2)c(C(C)C)cn3C)CC1. The zero-order chi connectivity index (χ0) is 15.0. The number of aryl methyl sites for hydroxylation is 1. The molecule has 0 amide bonds. The number of aromatic nitrogens is 1. The van der Waals surface area contributed by atoms with Gasteiger partial charge < -0.3 is 9.47 Å². The summed E-state index contributed by atoms with van der Waals surface area (Å²) in [6.45, 7) is 10.6. The Balaban J connectivity index is 1.92. The molecule has 3 rings (SSSR count). The van der Waals surface area contributed by atoms with E-state index in [1.807, 2.05) is 0 Å². The van der Waals surface area contributed by atoms with Crippen LogP contribution >= 0.6 is 0 Å². The summed E-state index contributed by atoms with van der Waals surface area (Å²) in [4.78, 5) is 2.57. The highest BCUT2D eigenvalue weighted by atomic mass is 15.1. The van der Waals surface area contributed by atoms with Crippen molar-refractivity contribution in [2.24, 2.45) is 7.05 Å². The molecule has 0 aliphatic carbocycles. The quantitative estimate of drug-likeness (QED) is 0.805. The molecule has 2 heteroatoms. The number of rotatable bonds is 3. The Bertz CT molecular complexity index is 616. The Labute approximate surface area is 128 Å². The second kappa shape index (κ2) is 5.84. The predicted molar refractivity (Wildman–Crippen MR) is 91.1 cm³/mol. The number of piperidine rings is 1. The number of likely N-dealkylation sites (tertiary alicyclic amines) is 1. The van der Waals surface area contributed by atoms with Crippen molar-refractivity contribution in [2.75, 3.05) is 19.6 Å². The molecule has 1 aliphatic heterocycles. The fraction of sp³-hybridized carbons (Fsp3) is 0.579. The summed E-state index contributed by atoms with van der Waals surface area (Å²) >= 11 is 0. The molecule has 0 spiro atoms. The number of hydrogen-bond donors (Lipinski definition) is 0. The van der Waals surface area contributed by atoms with Gasteiger partial charge in [-0.25, -0.2) is 0 Å². The maximum Gasteiger partial charge on any atom is 0.0480 e. The third-order valence-electron chi connectivity index (χ3n) is 5.17. The lowest BCUT2D eigenvalue weighted by atomic mass is 9.88.